The molecule has 0 saturated carbocycles. The van der Waals surface area contributed by atoms with Crippen molar-refractivity contribution in [3.8, 4) is 0 Å². The van der Waals surface area contributed by atoms with Crippen molar-refractivity contribution in [2.45, 2.75) is 270 Å². The van der Waals surface area contributed by atoms with Gasteiger partial charge in [-0.15, -0.1) is 0 Å². The smallest absolute Gasteiger partial charge is 0.268 e. The van der Waals surface area contributed by atoms with Crippen molar-refractivity contribution in [1.82, 2.24) is 5.32 Å². The number of hydrogen-bond donors (Lipinski definition) is 2. The van der Waals surface area contributed by atoms with E-state index in [1.807, 2.05) is 27.2 Å². The normalized spacial score (nSPS) is 14.2. The summed E-state index contributed by atoms with van der Waals surface area (Å²) in [6.07, 6.45) is 51.2. The summed E-state index contributed by atoms with van der Waals surface area (Å²) in [5, 5.41) is 13.9. The first-order valence-corrected chi connectivity index (χ1v) is 27.5. The molecule has 0 spiro atoms. The molecule has 0 aromatic rings. The van der Waals surface area contributed by atoms with Crippen LogP contribution in [0.1, 0.15) is 258 Å². The molecule has 0 aliphatic rings. The molecule has 1 amide bonds. The highest BCUT2D eigenvalue weighted by atomic mass is 31.2. The van der Waals surface area contributed by atoms with Crippen molar-refractivity contribution in [2.75, 3.05) is 40.9 Å². The van der Waals surface area contributed by atoms with Gasteiger partial charge in [-0.1, -0.05) is 244 Å². The number of nitrogens with one attached hydrogen (secondary N) is 1. The van der Waals surface area contributed by atoms with Crippen molar-refractivity contribution < 1.29 is 32.9 Å². The lowest BCUT2D eigenvalue weighted by Crippen LogP contribution is -2.45. The van der Waals surface area contributed by atoms with Gasteiger partial charge in [-0.3, -0.25) is 9.36 Å². The molecule has 60 heavy (non-hydrogen) atoms. The number of nitrogens with zero attached hydrogens (tertiary/aromatic N) is 1. The van der Waals surface area contributed by atoms with E-state index in [4.69, 9.17) is 9.05 Å². The van der Waals surface area contributed by atoms with E-state index in [1.54, 1.807) is 6.08 Å². The number of likely N-dealkylation sites (N-methyl/N-ethyl adjacent to an activating group) is 1. The summed E-state index contributed by atoms with van der Waals surface area (Å²) in [6, 6.07) is -0.881. The molecular formula is C51H103N2O6P. The van der Waals surface area contributed by atoms with Crippen LogP contribution in [0.15, 0.2) is 12.2 Å². The number of carbonyl (C=O) groups excluding carboxylic acids is 1. The van der Waals surface area contributed by atoms with Gasteiger partial charge in [-0.25, -0.2) is 0 Å². The third kappa shape index (κ3) is 45.3. The van der Waals surface area contributed by atoms with Crippen LogP contribution in [0, 0.1) is 0 Å². The van der Waals surface area contributed by atoms with Crippen LogP contribution in [0.2, 0.25) is 0 Å². The number of allylic oxidation sites excluding steroid dienone is 1. The van der Waals surface area contributed by atoms with Crippen LogP contribution in [-0.2, 0) is 18.4 Å². The zero-order valence-electron chi connectivity index (χ0n) is 40.7. The van der Waals surface area contributed by atoms with Gasteiger partial charge < -0.3 is 28.8 Å². The summed E-state index contributed by atoms with van der Waals surface area (Å²) >= 11 is 0. The minimum absolute atomic E-state index is 0.00249. The van der Waals surface area contributed by atoms with E-state index in [0.29, 0.717) is 17.4 Å². The van der Waals surface area contributed by atoms with E-state index in [1.165, 1.54) is 199 Å². The van der Waals surface area contributed by atoms with Gasteiger partial charge in [0.05, 0.1) is 39.9 Å². The first-order valence-electron chi connectivity index (χ1n) is 26.1. The average molecular weight is 871 g/mol. The molecule has 0 heterocycles. The number of aliphatic hydroxyl groups is 1. The first-order chi connectivity index (χ1) is 29.0. The number of phosphoric ester groups is 1. The van der Waals surface area contributed by atoms with Gasteiger partial charge in [-0.2, -0.15) is 0 Å². The Morgan fingerprint density at radius 3 is 1.25 bits per heavy atom. The molecule has 0 saturated heterocycles. The molecule has 0 aromatic carbocycles. The second kappa shape index (κ2) is 43.5. The van der Waals surface area contributed by atoms with Crippen molar-refractivity contribution in [1.29, 1.82) is 0 Å². The first kappa shape index (κ1) is 59.2. The summed E-state index contributed by atoms with van der Waals surface area (Å²) < 4.78 is 23.3. The molecule has 3 atom stereocenters. The van der Waals surface area contributed by atoms with E-state index < -0.39 is 20.0 Å². The fourth-order valence-electron chi connectivity index (χ4n) is 7.86. The Balaban J connectivity index is 4.27. The van der Waals surface area contributed by atoms with Crippen LogP contribution in [0.4, 0.5) is 0 Å². The maximum atomic E-state index is 12.9. The Morgan fingerprint density at radius 2 is 0.900 bits per heavy atom. The predicted octanol–water partition coefficient (Wildman–Crippen LogP) is 14.5. The second-order valence-electron chi connectivity index (χ2n) is 19.2. The Hall–Kier alpha value is -0.760. The summed E-state index contributed by atoms with van der Waals surface area (Å²) in [4.78, 5) is 25.4. The lowest BCUT2D eigenvalue weighted by molar-refractivity contribution is -0.870. The van der Waals surface area contributed by atoms with Crippen LogP contribution in [0.5, 0.6) is 0 Å². The molecule has 0 bridgehead atoms. The molecule has 0 rings (SSSR count). The van der Waals surface area contributed by atoms with Crippen molar-refractivity contribution in [3.63, 3.8) is 0 Å². The molecule has 0 fully saturated rings. The molecule has 0 aliphatic heterocycles. The van der Waals surface area contributed by atoms with Crippen LogP contribution in [0.3, 0.4) is 0 Å². The number of unbranched alkanes of at least 4 members (excludes halogenated alkanes) is 35. The van der Waals surface area contributed by atoms with Crippen molar-refractivity contribution in [2.24, 2.45) is 0 Å². The monoisotopic (exact) mass is 871 g/mol. The van der Waals surface area contributed by atoms with Gasteiger partial charge in [0, 0.05) is 6.42 Å². The Kier molecular flexibility index (Phi) is 42.9. The highest BCUT2D eigenvalue weighted by Crippen LogP contribution is 2.38. The summed E-state index contributed by atoms with van der Waals surface area (Å²) in [5.74, 6) is -0.192. The third-order valence-electron chi connectivity index (χ3n) is 12.0. The van der Waals surface area contributed by atoms with Crippen LogP contribution in [-0.4, -0.2) is 68.5 Å². The molecule has 0 aromatic heterocycles. The molecule has 3 unspecified atom stereocenters. The van der Waals surface area contributed by atoms with Gasteiger partial charge in [0.1, 0.15) is 13.2 Å². The van der Waals surface area contributed by atoms with Gasteiger partial charge in [0.15, 0.2) is 0 Å². The summed E-state index contributed by atoms with van der Waals surface area (Å²) in [6.45, 7) is 4.69. The molecule has 8 nitrogen and oxygen atoms in total. The van der Waals surface area contributed by atoms with Crippen molar-refractivity contribution in [3.05, 3.63) is 12.2 Å². The Bertz CT molecular complexity index is 989. The number of hydrogen-bond acceptors (Lipinski definition) is 6. The van der Waals surface area contributed by atoms with E-state index in [-0.39, 0.29) is 19.1 Å². The quantitative estimate of drug-likeness (QED) is 0.0273. The molecule has 9 heteroatoms. The lowest BCUT2D eigenvalue weighted by Gasteiger charge is -2.29. The fourth-order valence-corrected chi connectivity index (χ4v) is 8.58. The zero-order valence-corrected chi connectivity index (χ0v) is 41.6. The van der Waals surface area contributed by atoms with E-state index in [9.17, 15) is 19.4 Å². The molecule has 0 aliphatic carbocycles. The van der Waals surface area contributed by atoms with Gasteiger partial charge in [0.25, 0.3) is 7.82 Å². The lowest BCUT2D eigenvalue weighted by atomic mass is 10.0. The standard InChI is InChI=1S/C51H103N2O6P/c1-6-8-10-12-14-16-18-20-22-24-26-27-29-31-33-35-37-39-41-43-45-51(55)52-49(48-59-60(56,57)58-47-46-53(3,4)5)50(54)44-42-40-38-36-34-32-30-28-25-23-21-19-17-15-13-11-9-7-2/h42,44,49-50,54H,6-41,43,45-48H2,1-5H3,(H-,52,55,56,57)/b44-42+. The number of rotatable bonds is 48. The molecule has 358 valence electrons. The summed E-state index contributed by atoms with van der Waals surface area (Å²) in [5.41, 5.74) is 0. The van der Waals surface area contributed by atoms with E-state index in [0.717, 1.165) is 38.5 Å². The third-order valence-corrected chi connectivity index (χ3v) is 13.0. The molecular weight excluding hydrogens is 768 g/mol. The SMILES string of the molecule is CCCCCCCCCCCCCCCCCC/C=C/C(O)C(COP(=O)([O-])OCC[N+](C)(C)C)NC(=O)CCCCCCCCCCCCCCCCCCCCCC. The van der Waals surface area contributed by atoms with Gasteiger partial charge in [-0.05, 0) is 19.3 Å². The maximum absolute atomic E-state index is 12.9. The number of phosphoric acid groups is 1. The van der Waals surface area contributed by atoms with E-state index in [2.05, 4.69) is 19.2 Å². The van der Waals surface area contributed by atoms with Crippen LogP contribution < -0.4 is 10.2 Å². The minimum Gasteiger partial charge on any atom is -0.756 e. The summed E-state index contributed by atoms with van der Waals surface area (Å²) in [7, 11) is 1.28. The van der Waals surface area contributed by atoms with Crippen LogP contribution >= 0.6 is 7.82 Å². The highest BCUT2D eigenvalue weighted by molar-refractivity contribution is 7.45. The fraction of sp³-hybridized carbons (Fsp3) is 0.941. The number of quaternary nitrogens is 1. The van der Waals surface area contributed by atoms with Crippen molar-refractivity contribution >= 4 is 13.7 Å². The number of amides is 1. The Morgan fingerprint density at radius 1 is 0.567 bits per heavy atom. The van der Waals surface area contributed by atoms with Crippen LogP contribution in [0.25, 0.3) is 0 Å². The minimum atomic E-state index is -4.59. The molecule has 2 N–H and O–H groups in total. The zero-order chi connectivity index (χ0) is 44.3. The Labute approximate surface area is 373 Å². The number of carbonyl (C=O) groups is 1. The highest BCUT2D eigenvalue weighted by Gasteiger charge is 2.23. The topological polar surface area (TPSA) is 108 Å². The van der Waals surface area contributed by atoms with Gasteiger partial charge >= 0.3 is 0 Å². The average Bonchev–Trinajstić information content (AvgIpc) is 3.20. The van der Waals surface area contributed by atoms with Gasteiger partial charge in [0.2, 0.25) is 5.91 Å². The predicted molar refractivity (Wildman–Crippen MR) is 256 cm³/mol. The van der Waals surface area contributed by atoms with E-state index >= 15 is 0 Å². The second-order valence-corrected chi connectivity index (χ2v) is 20.7. The molecule has 0 radical (unpaired) electrons. The number of aliphatic hydroxyl groups excluding tert-OH is 1. The maximum Gasteiger partial charge on any atom is 0.268 e. The largest absolute Gasteiger partial charge is 0.756 e.